The fourth-order valence-corrected chi connectivity index (χ4v) is 4.57. The van der Waals surface area contributed by atoms with Gasteiger partial charge in [0, 0.05) is 4.90 Å². The summed E-state index contributed by atoms with van der Waals surface area (Å²) in [5, 5.41) is 2.23. The molecular formula is C22H17F6S2Sb. The van der Waals surface area contributed by atoms with Gasteiger partial charge in [0.05, 0.1) is 4.21 Å². The van der Waals surface area contributed by atoms with Gasteiger partial charge in [0.2, 0.25) is 0 Å². The number of thiophene rings is 1. The van der Waals surface area contributed by atoms with Gasteiger partial charge in [-0.2, -0.15) is 0 Å². The van der Waals surface area contributed by atoms with Gasteiger partial charge in [-0.05, 0) is 45.8 Å². The molecule has 9 heteroatoms. The first-order chi connectivity index (χ1) is 14.3. The van der Waals surface area contributed by atoms with E-state index in [1.165, 1.54) is 31.4 Å². The average molecular weight is 581 g/mol. The Kier molecular flexibility index (Phi) is 6.57. The monoisotopic (exact) mass is 580 g/mol. The Morgan fingerprint density at radius 3 is 1.48 bits per heavy atom. The quantitative estimate of drug-likeness (QED) is 0.171. The Bertz CT molecular complexity index is 1120. The van der Waals surface area contributed by atoms with Gasteiger partial charge < -0.3 is 0 Å². The number of halogens is 6. The Morgan fingerprint density at radius 1 is 0.581 bits per heavy atom. The van der Waals surface area contributed by atoms with E-state index in [0.717, 1.165) is 0 Å². The second kappa shape index (κ2) is 8.56. The molecule has 0 atom stereocenters. The maximum atomic E-state index is 9.93. The second-order valence-corrected chi connectivity index (χ2v) is 14.2. The predicted molar refractivity (Wildman–Crippen MR) is 119 cm³/mol. The summed E-state index contributed by atoms with van der Waals surface area (Å²) in [6.45, 7) is 0. The summed E-state index contributed by atoms with van der Waals surface area (Å²) in [6.07, 6.45) is 0. The maximum absolute atomic E-state index is 11.2. The molecule has 1 heterocycles. The molecule has 1 aromatic heterocycles. The topological polar surface area (TPSA) is 0 Å². The minimum absolute atomic E-state index is 0. The number of hydrogen-bond donors (Lipinski definition) is 0. The van der Waals surface area contributed by atoms with Crippen molar-refractivity contribution < 1.29 is 18.3 Å². The molecule has 0 saturated heterocycles. The molecular weight excluding hydrogens is 564 g/mol. The van der Waals surface area contributed by atoms with Gasteiger partial charge in [-0.25, -0.2) is 0 Å². The van der Waals surface area contributed by atoms with Crippen LogP contribution in [-0.4, -0.2) is 19.5 Å². The molecule has 0 bridgehead atoms. The molecule has 0 saturated carbocycles. The predicted octanol–water partition coefficient (Wildman–Crippen LogP) is 9.49. The number of benzene rings is 3. The molecule has 0 spiro atoms. The van der Waals surface area contributed by atoms with Crippen LogP contribution in [0.4, 0.5) is 16.9 Å². The van der Waals surface area contributed by atoms with Crippen LogP contribution in [-0.2, 0) is 0 Å². The maximum Gasteiger partial charge on any atom is 1.00 e. The van der Waals surface area contributed by atoms with Crippen molar-refractivity contribution in [1.29, 1.82) is 0 Å². The first kappa shape index (κ1) is 23.8. The van der Waals surface area contributed by atoms with Gasteiger partial charge in [0.25, 0.3) is 0 Å². The van der Waals surface area contributed by atoms with Crippen LogP contribution in [0.5, 0.6) is 0 Å². The van der Waals surface area contributed by atoms with Crippen LogP contribution in [0.3, 0.4) is 0 Å². The van der Waals surface area contributed by atoms with E-state index in [1.54, 1.807) is 11.3 Å². The molecule has 0 unspecified atom stereocenters. The van der Waals surface area contributed by atoms with Crippen molar-refractivity contribution in [3.63, 3.8) is 0 Å². The zero-order chi connectivity index (χ0) is 22.6. The fraction of sp³-hybridized carbons (Fsp3) is 0. The molecule has 31 heavy (non-hydrogen) atoms. The van der Waals surface area contributed by atoms with Gasteiger partial charge in [-0.1, -0.05) is 84.6 Å². The summed E-state index contributed by atoms with van der Waals surface area (Å²) in [7, 11) is 0. The molecule has 0 N–H and O–H groups in total. The second-order valence-electron chi connectivity index (χ2n) is 6.47. The Balaban J connectivity index is 0.000000398. The molecule has 164 valence electrons. The van der Waals surface area contributed by atoms with Crippen LogP contribution in [0.2, 0.25) is 0 Å². The molecule has 0 aliphatic rings. The van der Waals surface area contributed by atoms with Crippen molar-refractivity contribution in [3.8, 4) is 22.3 Å². The third kappa shape index (κ3) is 9.42. The van der Waals surface area contributed by atoms with Crippen molar-refractivity contribution in [3.05, 3.63) is 96.4 Å². The summed E-state index contributed by atoms with van der Waals surface area (Å²) >= 11 is -7.62. The van der Waals surface area contributed by atoms with E-state index in [0.29, 0.717) is 0 Å². The van der Waals surface area contributed by atoms with Gasteiger partial charge in [0.1, 0.15) is 0 Å². The standard InChI is InChI=1S/C22H16S2.6FH.Sb/c1-3-7-17(8-4-1)19-11-13-21(14-12-19)24-22-15-20(16-23-22)18-9-5-2-6-10-18;;;;;;;/h1-16H;6*1H;/q;;;;;;;+5/p-5. The van der Waals surface area contributed by atoms with Crippen molar-refractivity contribution in [2.45, 2.75) is 9.10 Å². The largest absolute Gasteiger partial charge is 1.00 e. The smallest absolute Gasteiger partial charge is 0.136 e. The fourth-order valence-electron chi connectivity index (χ4n) is 2.61. The summed E-state index contributed by atoms with van der Waals surface area (Å²) in [4.78, 5) is 1.27. The summed E-state index contributed by atoms with van der Waals surface area (Å²) in [5.74, 6) is 0. The molecule has 3 aromatic carbocycles. The first-order valence-corrected chi connectivity index (χ1v) is 16.4. The van der Waals surface area contributed by atoms with Crippen molar-refractivity contribution >= 4 is 42.6 Å². The third-order valence-electron chi connectivity index (χ3n) is 3.86. The molecule has 4 rings (SSSR count). The zero-order valence-corrected chi connectivity index (χ0v) is 20.0. The zero-order valence-electron chi connectivity index (χ0n) is 16.8. The molecule has 0 amide bonds. The van der Waals surface area contributed by atoms with Crippen molar-refractivity contribution in [2.24, 2.45) is 0 Å². The Morgan fingerprint density at radius 2 is 1.00 bits per heavy atom. The minimum Gasteiger partial charge on any atom is -0.136 e. The first-order valence-electron chi connectivity index (χ1n) is 8.87. The molecule has 0 nitrogen and oxygen atoms in total. The van der Waals surface area contributed by atoms with Crippen LogP contribution >= 0.6 is 23.1 Å². The molecule has 0 aliphatic carbocycles. The van der Waals surface area contributed by atoms with Crippen molar-refractivity contribution in [2.75, 3.05) is 0 Å². The van der Waals surface area contributed by atoms with Crippen LogP contribution in [0.1, 0.15) is 1.43 Å². The third-order valence-corrected chi connectivity index (χ3v) is 5.95. The summed E-state index contributed by atoms with van der Waals surface area (Å²) in [5.41, 5.74) is 5.09. The van der Waals surface area contributed by atoms with E-state index in [4.69, 9.17) is 0 Å². The number of rotatable bonds is 4. The summed E-state index contributed by atoms with van der Waals surface area (Å²) in [6, 6.07) is 32.1. The summed E-state index contributed by atoms with van der Waals surface area (Å²) < 4.78 is 60.9. The van der Waals surface area contributed by atoms with E-state index >= 15 is 0 Å². The van der Waals surface area contributed by atoms with Crippen LogP contribution in [0.25, 0.3) is 22.3 Å². The molecule has 0 aliphatic heterocycles. The minimum atomic E-state index is -11.2. The molecule has 4 aromatic rings. The Labute approximate surface area is 187 Å². The van der Waals surface area contributed by atoms with Gasteiger partial charge >= 0.3 is 37.8 Å². The van der Waals surface area contributed by atoms with Gasteiger partial charge in [-0.15, -0.1) is 11.3 Å². The average Bonchev–Trinajstić information content (AvgIpc) is 3.16. The van der Waals surface area contributed by atoms with Crippen LogP contribution in [0.15, 0.2) is 105 Å². The van der Waals surface area contributed by atoms with E-state index < -0.39 is 19.5 Å². The van der Waals surface area contributed by atoms with E-state index in [1.807, 2.05) is 11.8 Å². The number of hydrogen-bond acceptors (Lipinski definition) is 2. The molecule has 0 radical (unpaired) electrons. The van der Waals surface area contributed by atoms with Gasteiger partial charge in [-0.3, -0.25) is 0 Å². The Hall–Kier alpha value is -1.89. The van der Waals surface area contributed by atoms with Gasteiger partial charge in [0.15, 0.2) is 0 Å². The van der Waals surface area contributed by atoms with Crippen molar-refractivity contribution in [1.82, 2.24) is 0 Å². The van der Waals surface area contributed by atoms with Crippen LogP contribution in [0, 0.1) is 0 Å². The normalized spacial score (nSPS) is 13.5. The van der Waals surface area contributed by atoms with Crippen LogP contribution < -0.4 is 0 Å². The molecule has 0 fully saturated rings. The van der Waals surface area contributed by atoms with E-state index in [9.17, 15) is 16.9 Å². The SMILES string of the molecule is [F][Sb-]([F])([F])([F])([F])[F].[H+].c1ccc(-c2ccc(Sc3cc(-c4ccccc4)cs3)cc2)cc1. The van der Waals surface area contributed by atoms with E-state index in [2.05, 4.69) is 96.4 Å². The van der Waals surface area contributed by atoms with E-state index in [-0.39, 0.29) is 1.43 Å².